The Hall–Kier alpha value is -2.76. The van der Waals surface area contributed by atoms with E-state index in [4.69, 9.17) is 4.74 Å². The fourth-order valence-corrected chi connectivity index (χ4v) is 7.03. The Labute approximate surface area is 217 Å². The van der Waals surface area contributed by atoms with Gasteiger partial charge in [-0.05, 0) is 0 Å². The number of nitrogens with zero attached hydrogens (tertiary/aromatic N) is 1. The number of hydrogen-bond acceptors (Lipinski definition) is 5. The predicted molar refractivity (Wildman–Crippen MR) is 143 cm³/mol. The number of fused-ring (bicyclic) bond motifs is 1. The first-order chi connectivity index (χ1) is 16.6. The number of halogens is 1. The summed E-state index contributed by atoms with van der Waals surface area (Å²) >= 11 is -0.234. The molecule has 7 heteroatoms. The third-order valence-corrected chi connectivity index (χ3v) is 8.69. The van der Waals surface area contributed by atoms with Crippen LogP contribution in [0.4, 0.5) is 0 Å². The van der Waals surface area contributed by atoms with E-state index < -0.39 is 0 Å². The zero-order valence-corrected chi connectivity index (χ0v) is 21.8. The predicted octanol–water partition coefficient (Wildman–Crippen LogP) is 5.49. The average Bonchev–Trinajstić information content (AvgIpc) is 3.23. The van der Waals surface area contributed by atoms with Crippen LogP contribution in [0.1, 0.15) is 34.1 Å². The molecule has 1 aliphatic heterocycles. The summed E-state index contributed by atoms with van der Waals surface area (Å²) in [5, 5.41) is 20.7. The van der Waals surface area contributed by atoms with Crippen molar-refractivity contribution in [3.05, 3.63) is 76.7 Å². The molecule has 1 saturated heterocycles. The van der Waals surface area contributed by atoms with Crippen molar-refractivity contribution in [2.24, 2.45) is 0 Å². The number of ketones is 1. The molecule has 5 rings (SSSR count). The topological polar surface area (TPSA) is 70.0 Å². The molecule has 35 heavy (non-hydrogen) atoms. The maximum atomic E-state index is 13.6. The molecule has 0 aliphatic carbocycles. The van der Waals surface area contributed by atoms with Crippen LogP contribution >= 0.6 is 12.4 Å². The van der Waals surface area contributed by atoms with Gasteiger partial charge in [0.1, 0.15) is 0 Å². The molecule has 3 aromatic carbocycles. The number of benzene rings is 3. The standard InChI is InChI=1S/C28H27NO4Se.ClH/c30-21-8-4-19(5-9-21)26-24-13-10-22(31)18-25(24)34-28(26)27(32)20-6-11-23(12-7-20)33-17-16-29-14-2-1-3-15-29;/h4-13,18,30-31H,1-3,14-17H2;1H. The van der Waals surface area contributed by atoms with E-state index in [0.717, 1.165) is 50.6 Å². The Bertz CT molecular complexity index is 1300. The minimum absolute atomic E-state index is 0. The van der Waals surface area contributed by atoms with Crippen molar-refractivity contribution >= 4 is 42.3 Å². The van der Waals surface area contributed by atoms with Crippen LogP contribution < -0.4 is 4.74 Å². The molecule has 1 fully saturated rings. The van der Waals surface area contributed by atoms with Crippen LogP contribution in [0.5, 0.6) is 17.2 Å². The fourth-order valence-electron chi connectivity index (χ4n) is 4.47. The maximum absolute atomic E-state index is 13.6. The molecule has 0 amide bonds. The van der Waals surface area contributed by atoms with Gasteiger partial charge in [-0.25, -0.2) is 0 Å². The zero-order valence-electron chi connectivity index (χ0n) is 19.3. The van der Waals surface area contributed by atoms with Crippen LogP contribution in [0.3, 0.4) is 0 Å². The Morgan fingerprint density at radius 3 is 2.29 bits per heavy atom. The molecule has 0 spiro atoms. The molecule has 2 N–H and O–H groups in total. The van der Waals surface area contributed by atoms with Crippen LogP contribution in [0, 0.1) is 0 Å². The molecule has 0 radical (unpaired) electrons. The van der Waals surface area contributed by atoms with Gasteiger partial charge in [-0.1, -0.05) is 6.42 Å². The van der Waals surface area contributed by atoms with Crippen molar-refractivity contribution < 1.29 is 19.7 Å². The van der Waals surface area contributed by atoms with Gasteiger partial charge in [-0.15, -0.1) is 12.4 Å². The first-order valence-electron chi connectivity index (χ1n) is 11.6. The first-order valence-corrected chi connectivity index (χ1v) is 13.3. The third-order valence-electron chi connectivity index (χ3n) is 6.28. The normalized spacial score (nSPS) is 13.9. The van der Waals surface area contributed by atoms with Gasteiger partial charge in [0, 0.05) is 0 Å². The van der Waals surface area contributed by atoms with E-state index in [0.29, 0.717) is 12.2 Å². The molecular weight excluding hydrogens is 529 g/mol. The average molecular weight is 557 g/mol. The van der Waals surface area contributed by atoms with Gasteiger partial charge in [-0.2, -0.15) is 0 Å². The number of rotatable bonds is 7. The third kappa shape index (κ3) is 5.74. The number of phenolic OH excluding ortho intramolecular Hbond substituents is 2. The SMILES string of the molecule is Cl.O=C(c1ccc(OCCN2CCCCC2)cc1)c1[se]c2cc(O)ccc2c1-c1ccc(O)cc1. The summed E-state index contributed by atoms with van der Waals surface area (Å²) in [6.07, 6.45) is 3.86. The summed E-state index contributed by atoms with van der Waals surface area (Å²) in [4.78, 5) is 16.0. The van der Waals surface area contributed by atoms with Crippen molar-refractivity contribution in [3.8, 4) is 28.4 Å². The van der Waals surface area contributed by atoms with Crippen molar-refractivity contribution in [3.63, 3.8) is 0 Å². The Morgan fingerprint density at radius 1 is 0.886 bits per heavy atom. The summed E-state index contributed by atoms with van der Waals surface area (Å²) < 4.78 is 7.65. The molecular formula is C28H28ClNO4Se. The molecule has 1 aliphatic rings. The van der Waals surface area contributed by atoms with Gasteiger partial charge in [0.2, 0.25) is 0 Å². The van der Waals surface area contributed by atoms with Crippen LogP contribution in [-0.4, -0.2) is 61.6 Å². The van der Waals surface area contributed by atoms with E-state index in [9.17, 15) is 15.0 Å². The monoisotopic (exact) mass is 557 g/mol. The fraction of sp³-hybridized carbons (Fsp3) is 0.250. The van der Waals surface area contributed by atoms with Crippen LogP contribution in [0.2, 0.25) is 0 Å². The van der Waals surface area contributed by atoms with Gasteiger partial charge in [-0.3, -0.25) is 0 Å². The van der Waals surface area contributed by atoms with Gasteiger partial charge >= 0.3 is 199 Å². The summed E-state index contributed by atoms with van der Waals surface area (Å²) in [6.45, 7) is 3.87. The second-order valence-corrected chi connectivity index (χ2v) is 10.8. The number of phenols is 2. The van der Waals surface area contributed by atoms with E-state index in [1.165, 1.54) is 19.3 Å². The van der Waals surface area contributed by atoms with E-state index in [2.05, 4.69) is 4.90 Å². The van der Waals surface area contributed by atoms with E-state index in [1.54, 1.807) is 24.3 Å². The summed E-state index contributed by atoms with van der Waals surface area (Å²) in [5.41, 5.74) is 2.38. The Morgan fingerprint density at radius 2 is 1.57 bits per heavy atom. The van der Waals surface area contributed by atoms with Crippen molar-refractivity contribution in [2.75, 3.05) is 26.2 Å². The minimum atomic E-state index is -0.234. The van der Waals surface area contributed by atoms with Crippen molar-refractivity contribution in [1.82, 2.24) is 4.90 Å². The Balaban J connectivity index is 0.00000289. The molecule has 5 nitrogen and oxygen atoms in total. The quantitative estimate of drug-likeness (QED) is 0.233. The molecule has 0 unspecified atom stereocenters. The second kappa shape index (κ2) is 11.3. The van der Waals surface area contributed by atoms with Gasteiger partial charge in [0.05, 0.1) is 0 Å². The molecule has 2 heterocycles. The number of hydrogen-bond donors (Lipinski definition) is 2. The van der Waals surface area contributed by atoms with E-state index in [-0.39, 0.29) is 44.2 Å². The number of carbonyl (C=O) groups is 1. The number of aromatic hydroxyl groups is 2. The van der Waals surface area contributed by atoms with Gasteiger partial charge in [0.15, 0.2) is 0 Å². The van der Waals surface area contributed by atoms with Crippen LogP contribution in [0.25, 0.3) is 20.8 Å². The zero-order chi connectivity index (χ0) is 23.5. The van der Waals surface area contributed by atoms with Crippen molar-refractivity contribution in [1.29, 1.82) is 0 Å². The molecule has 182 valence electrons. The molecule has 0 atom stereocenters. The summed E-state index contributed by atoms with van der Waals surface area (Å²) in [7, 11) is 0. The van der Waals surface area contributed by atoms with E-state index >= 15 is 0 Å². The molecule has 0 saturated carbocycles. The van der Waals surface area contributed by atoms with Crippen LogP contribution in [0.15, 0.2) is 66.7 Å². The molecule has 4 aromatic rings. The van der Waals surface area contributed by atoms with Gasteiger partial charge < -0.3 is 0 Å². The number of ether oxygens (including phenoxy) is 1. The van der Waals surface area contributed by atoms with Gasteiger partial charge in [0.25, 0.3) is 0 Å². The summed E-state index contributed by atoms with van der Waals surface area (Å²) in [5.74, 6) is 1.14. The van der Waals surface area contributed by atoms with E-state index in [1.807, 2.05) is 42.5 Å². The summed E-state index contributed by atoms with van der Waals surface area (Å²) in [6, 6.07) is 19.6. The number of carbonyl (C=O) groups excluding carboxylic acids is 1. The van der Waals surface area contributed by atoms with Crippen LogP contribution in [-0.2, 0) is 0 Å². The second-order valence-electron chi connectivity index (χ2n) is 8.64. The molecule has 0 bridgehead atoms. The number of likely N-dealkylation sites (tertiary alicyclic amines) is 1. The first kappa shape index (κ1) is 25.3. The number of piperidine rings is 1. The van der Waals surface area contributed by atoms with Crippen molar-refractivity contribution in [2.45, 2.75) is 19.3 Å². The molecule has 1 aromatic heterocycles. The Kier molecular flexibility index (Phi) is 8.19.